The molecule has 2 amide bonds. The Morgan fingerprint density at radius 2 is 1.64 bits per heavy atom. The predicted octanol–water partition coefficient (Wildman–Crippen LogP) is 4.49. The molecule has 2 aromatic carbocycles. The topological polar surface area (TPSA) is 79.9 Å². The number of hydrogen-bond acceptors (Lipinski definition) is 5. The highest BCUT2D eigenvalue weighted by molar-refractivity contribution is 7.80. The summed E-state index contributed by atoms with van der Waals surface area (Å²) < 4.78 is 10.8. The van der Waals surface area contributed by atoms with Gasteiger partial charge >= 0.3 is 0 Å². The van der Waals surface area contributed by atoms with Crippen molar-refractivity contribution in [1.82, 2.24) is 10.2 Å². The van der Waals surface area contributed by atoms with Gasteiger partial charge in [-0.05, 0) is 74.4 Å². The summed E-state index contributed by atoms with van der Waals surface area (Å²) in [5.41, 5.74) is 1.74. The van der Waals surface area contributed by atoms with E-state index in [4.69, 9.17) is 21.7 Å². The number of nitrogens with zero attached hydrogens (tertiary/aromatic N) is 1. The minimum Gasteiger partial charge on any atom is -0.491 e. The average Bonchev–Trinajstić information content (AvgIpc) is 2.82. The number of benzene rings is 2. The molecule has 0 atom stereocenters. The molecule has 8 heteroatoms. The zero-order valence-electron chi connectivity index (χ0n) is 19.6. The Morgan fingerprint density at radius 3 is 2.27 bits per heavy atom. The van der Waals surface area contributed by atoms with Crippen LogP contribution in [-0.4, -0.2) is 54.7 Å². The minimum absolute atomic E-state index is 0.0180. The molecule has 0 heterocycles. The average molecular weight is 472 g/mol. The Hall–Kier alpha value is -2.97. The normalized spacial score (nSPS) is 10.4. The van der Waals surface area contributed by atoms with Crippen molar-refractivity contribution in [2.75, 3.05) is 38.2 Å². The second-order valence-electron chi connectivity index (χ2n) is 7.35. The second-order valence-corrected chi connectivity index (χ2v) is 7.76. The molecule has 0 saturated heterocycles. The molecule has 0 aliphatic carbocycles. The molecule has 0 bridgehead atoms. The summed E-state index contributed by atoms with van der Waals surface area (Å²) in [6.45, 7) is 9.04. The fraction of sp³-hybridized carbons (Fsp3) is 0.400. The van der Waals surface area contributed by atoms with Crippen molar-refractivity contribution in [3.05, 3.63) is 59.7 Å². The van der Waals surface area contributed by atoms with Crippen molar-refractivity contribution in [1.29, 1.82) is 0 Å². The van der Waals surface area contributed by atoms with Crippen molar-refractivity contribution >= 4 is 34.8 Å². The maximum Gasteiger partial charge on any atom is 0.257 e. The summed E-state index contributed by atoms with van der Waals surface area (Å²) >= 11 is 5.27. The number of rotatable bonds is 12. The van der Waals surface area contributed by atoms with Crippen molar-refractivity contribution in [2.24, 2.45) is 0 Å². The van der Waals surface area contributed by atoms with Gasteiger partial charge in [0.2, 0.25) is 0 Å². The first kappa shape index (κ1) is 26.3. The maximum atomic E-state index is 12.7. The van der Waals surface area contributed by atoms with Crippen molar-refractivity contribution in [3.8, 4) is 5.75 Å². The zero-order valence-corrected chi connectivity index (χ0v) is 20.4. The third-order valence-corrected chi connectivity index (χ3v) is 4.89. The molecule has 33 heavy (non-hydrogen) atoms. The van der Waals surface area contributed by atoms with Crippen molar-refractivity contribution in [2.45, 2.75) is 33.6 Å². The molecule has 0 unspecified atom stereocenters. The van der Waals surface area contributed by atoms with Crippen LogP contribution in [0.1, 0.15) is 54.3 Å². The molecule has 2 N–H and O–H groups in total. The number of anilines is 1. The molecular formula is C25H33N3O4S. The highest BCUT2D eigenvalue weighted by Crippen LogP contribution is 2.15. The molecule has 2 aromatic rings. The number of ether oxygens (including phenoxy) is 2. The molecule has 0 aromatic heterocycles. The van der Waals surface area contributed by atoms with E-state index in [0.717, 1.165) is 25.9 Å². The van der Waals surface area contributed by atoms with Gasteiger partial charge in [-0.15, -0.1) is 0 Å². The van der Waals surface area contributed by atoms with Gasteiger partial charge < -0.3 is 19.7 Å². The van der Waals surface area contributed by atoms with Gasteiger partial charge in [-0.3, -0.25) is 14.9 Å². The molecule has 0 aliphatic heterocycles. The first-order valence-corrected chi connectivity index (χ1v) is 11.7. The monoisotopic (exact) mass is 471 g/mol. The lowest BCUT2D eigenvalue weighted by atomic mass is 10.1. The fourth-order valence-electron chi connectivity index (χ4n) is 3.16. The Bertz CT molecular complexity index is 912. The first-order valence-electron chi connectivity index (χ1n) is 11.3. The molecule has 0 spiro atoms. The van der Waals surface area contributed by atoms with Gasteiger partial charge in [0.05, 0.1) is 6.61 Å². The summed E-state index contributed by atoms with van der Waals surface area (Å²) in [7, 11) is 0. The number of thiocarbonyl (C=S) groups is 1. The Balaban J connectivity index is 1.91. The van der Waals surface area contributed by atoms with Crippen LogP contribution >= 0.6 is 12.2 Å². The van der Waals surface area contributed by atoms with E-state index in [1.807, 2.05) is 11.8 Å². The van der Waals surface area contributed by atoms with Gasteiger partial charge in [0, 0.05) is 36.5 Å². The van der Waals surface area contributed by atoms with Crippen LogP contribution in [0, 0.1) is 0 Å². The Kier molecular flexibility index (Phi) is 11.3. The van der Waals surface area contributed by atoms with E-state index in [-0.39, 0.29) is 16.9 Å². The predicted molar refractivity (Wildman–Crippen MR) is 135 cm³/mol. The summed E-state index contributed by atoms with van der Waals surface area (Å²) in [6.07, 6.45) is 1.84. The van der Waals surface area contributed by atoms with E-state index in [2.05, 4.69) is 24.5 Å². The van der Waals surface area contributed by atoms with Crippen LogP contribution in [0.5, 0.6) is 5.75 Å². The van der Waals surface area contributed by atoms with E-state index in [1.54, 1.807) is 48.5 Å². The van der Waals surface area contributed by atoms with Crippen LogP contribution in [0.2, 0.25) is 0 Å². The van der Waals surface area contributed by atoms with Crippen LogP contribution < -0.4 is 15.4 Å². The largest absolute Gasteiger partial charge is 0.491 e. The lowest BCUT2D eigenvalue weighted by Crippen LogP contribution is -2.34. The lowest BCUT2D eigenvalue weighted by molar-refractivity contribution is 0.0755. The zero-order chi connectivity index (χ0) is 24.1. The van der Waals surface area contributed by atoms with E-state index in [9.17, 15) is 9.59 Å². The quantitative estimate of drug-likeness (QED) is 0.351. The maximum absolute atomic E-state index is 12.7. The van der Waals surface area contributed by atoms with E-state index < -0.39 is 0 Å². The molecule has 0 fully saturated rings. The highest BCUT2D eigenvalue weighted by atomic mass is 32.1. The van der Waals surface area contributed by atoms with Crippen LogP contribution in [0.25, 0.3) is 0 Å². The van der Waals surface area contributed by atoms with Crippen LogP contribution in [0.15, 0.2) is 48.5 Å². The number of amides is 2. The van der Waals surface area contributed by atoms with Gasteiger partial charge in [-0.2, -0.15) is 0 Å². The minimum atomic E-state index is -0.343. The molecule has 178 valence electrons. The molecule has 0 radical (unpaired) electrons. The number of carbonyl (C=O) groups excluding carboxylic acids is 2. The lowest BCUT2D eigenvalue weighted by Gasteiger charge is -2.21. The van der Waals surface area contributed by atoms with Crippen LogP contribution in [-0.2, 0) is 4.74 Å². The third kappa shape index (κ3) is 8.82. The Morgan fingerprint density at radius 1 is 0.939 bits per heavy atom. The first-order chi connectivity index (χ1) is 16.0. The summed E-state index contributed by atoms with van der Waals surface area (Å²) in [5.74, 6) is 0.260. The summed E-state index contributed by atoms with van der Waals surface area (Å²) in [4.78, 5) is 27.1. The van der Waals surface area contributed by atoms with Crippen LogP contribution in [0.4, 0.5) is 5.69 Å². The van der Waals surface area contributed by atoms with E-state index in [0.29, 0.717) is 42.4 Å². The molecule has 2 rings (SSSR count). The smallest absolute Gasteiger partial charge is 0.257 e. The molecule has 0 saturated carbocycles. The molecule has 7 nitrogen and oxygen atoms in total. The summed E-state index contributed by atoms with van der Waals surface area (Å²) in [6, 6.07) is 13.9. The van der Waals surface area contributed by atoms with Crippen molar-refractivity contribution in [3.63, 3.8) is 0 Å². The molecular weight excluding hydrogens is 438 g/mol. The number of carbonyl (C=O) groups is 2. The second kappa shape index (κ2) is 14.2. The Labute approximate surface area is 201 Å². The van der Waals surface area contributed by atoms with Gasteiger partial charge in [0.15, 0.2) is 5.11 Å². The number of nitrogens with one attached hydrogen (secondary N) is 2. The number of hydrogen-bond donors (Lipinski definition) is 2. The third-order valence-electron chi connectivity index (χ3n) is 4.69. The van der Waals surface area contributed by atoms with Gasteiger partial charge in [0.1, 0.15) is 12.4 Å². The van der Waals surface area contributed by atoms with Crippen molar-refractivity contribution < 1.29 is 19.1 Å². The fourth-order valence-corrected chi connectivity index (χ4v) is 3.37. The highest BCUT2D eigenvalue weighted by Gasteiger charge is 2.14. The van der Waals surface area contributed by atoms with Gasteiger partial charge in [-0.1, -0.05) is 19.9 Å². The van der Waals surface area contributed by atoms with Crippen LogP contribution in [0.3, 0.4) is 0 Å². The summed E-state index contributed by atoms with van der Waals surface area (Å²) in [5, 5.41) is 5.81. The molecule has 0 aliphatic rings. The SMILES string of the molecule is CCCN(CCC)C(=O)c1ccc(NC(=S)NC(=O)c2cccc(OCCOCC)c2)cc1. The van der Waals surface area contributed by atoms with E-state index >= 15 is 0 Å². The van der Waals surface area contributed by atoms with E-state index in [1.165, 1.54) is 0 Å². The van der Waals surface area contributed by atoms with Gasteiger partial charge in [0.25, 0.3) is 11.8 Å². The standard InChI is InChI=1S/C25H33N3O4S/c1-4-14-28(15-5-2)24(30)19-10-12-21(13-11-19)26-25(33)27-23(29)20-8-7-9-22(18-20)32-17-16-31-6-3/h7-13,18H,4-6,14-17H2,1-3H3,(H2,26,27,29,33). The van der Waals surface area contributed by atoms with Gasteiger partial charge in [-0.25, -0.2) is 0 Å².